The maximum Gasteiger partial charge on any atom is 0.407 e. The number of nitrogens with two attached hydrogens (primary N) is 1. The summed E-state index contributed by atoms with van der Waals surface area (Å²) < 4.78 is 30.5. The van der Waals surface area contributed by atoms with Crippen molar-refractivity contribution in [3.05, 3.63) is 47.7 Å². The molecule has 2 aliphatic rings. The van der Waals surface area contributed by atoms with Crippen LogP contribution in [-0.4, -0.2) is 66.6 Å². The van der Waals surface area contributed by atoms with Gasteiger partial charge < -0.3 is 21.0 Å². The zero-order valence-corrected chi connectivity index (χ0v) is 18.6. The number of nitrogen functional groups attached to an aromatic ring is 1. The lowest BCUT2D eigenvalue weighted by atomic mass is 10.0. The van der Waals surface area contributed by atoms with Crippen molar-refractivity contribution in [2.75, 3.05) is 11.5 Å². The van der Waals surface area contributed by atoms with Crippen molar-refractivity contribution in [1.82, 2.24) is 19.6 Å². The Kier molecular flexibility index (Phi) is 6.69. The van der Waals surface area contributed by atoms with Crippen LogP contribution in [0.5, 0.6) is 0 Å². The molecule has 4 rings (SSSR count). The molecule has 0 spiro atoms. The fourth-order valence-electron chi connectivity index (χ4n) is 3.38. The zero-order valence-electron chi connectivity index (χ0n) is 17.0. The number of halogens is 2. The van der Waals surface area contributed by atoms with Gasteiger partial charge in [-0.2, -0.15) is 18.1 Å². The van der Waals surface area contributed by atoms with Gasteiger partial charge in [0.05, 0.1) is 0 Å². The Morgan fingerprint density at radius 3 is 2.74 bits per heavy atom. The summed E-state index contributed by atoms with van der Waals surface area (Å²) in [5.41, 5.74) is 5.15. The summed E-state index contributed by atoms with van der Waals surface area (Å²) in [6, 6.07) is 4.29. The van der Waals surface area contributed by atoms with Crippen LogP contribution in [0.4, 0.5) is 13.9 Å². The molecule has 0 aliphatic carbocycles. The van der Waals surface area contributed by atoms with E-state index in [1.165, 1.54) is 11.8 Å². The molecule has 2 amide bonds. The predicted octanol–water partition coefficient (Wildman–Crippen LogP) is -0.210. The number of rotatable bonds is 8. The van der Waals surface area contributed by atoms with Gasteiger partial charge in [-0.05, 0) is 0 Å². The van der Waals surface area contributed by atoms with Crippen LogP contribution in [0.15, 0.2) is 47.0 Å². The van der Waals surface area contributed by atoms with Crippen molar-refractivity contribution in [3.8, 4) is 0 Å². The third-order valence-corrected chi connectivity index (χ3v) is 6.66. The summed E-state index contributed by atoms with van der Waals surface area (Å²) in [6.45, 7) is -3.04. The lowest BCUT2D eigenvalue weighted by Crippen LogP contribution is -2.71. The zero-order chi connectivity index (χ0) is 24.4. The molecule has 0 bridgehead atoms. The first-order valence-corrected chi connectivity index (χ1v) is 11.3. The van der Waals surface area contributed by atoms with Gasteiger partial charge in [0.15, 0.2) is 24.1 Å². The average molecular weight is 513 g/mol. The summed E-state index contributed by atoms with van der Waals surface area (Å²) in [7, 11) is 0. The summed E-state index contributed by atoms with van der Waals surface area (Å²) in [6.07, 6.45) is 3.54. The largest absolute Gasteiger partial charge is 0.477 e. The number of amides is 2. The quantitative estimate of drug-likeness (QED) is 0.188. The number of nitrogens with one attached hydrogen (secondary N) is 1. The molecule has 1 unspecified atom stereocenters. The Bertz CT molecular complexity index is 1190. The minimum absolute atomic E-state index is 0.0404. The highest BCUT2D eigenvalue weighted by molar-refractivity contribution is 8.00. The molecule has 12 nitrogen and oxygen atoms in total. The molecular formula is C18H16F2N7O5S2+. The van der Waals surface area contributed by atoms with Crippen LogP contribution < -0.4 is 15.6 Å². The Morgan fingerprint density at radius 1 is 1.38 bits per heavy atom. The first-order chi connectivity index (χ1) is 16.3. The number of pyridine rings is 1. The second-order valence-electron chi connectivity index (χ2n) is 6.93. The number of hydrogen-bond donors (Lipinski definition) is 3. The van der Waals surface area contributed by atoms with Crippen LogP contribution in [0.3, 0.4) is 0 Å². The fourth-order valence-corrected chi connectivity index (χ4v) is 5.15. The smallest absolute Gasteiger partial charge is 0.407 e. The van der Waals surface area contributed by atoms with Crippen molar-refractivity contribution >= 4 is 51.9 Å². The van der Waals surface area contributed by atoms with E-state index in [-0.39, 0.29) is 23.2 Å². The molecule has 1 saturated heterocycles. The molecule has 4 heterocycles. The molecule has 2 aromatic heterocycles. The molecule has 34 heavy (non-hydrogen) atoms. The normalized spacial score (nSPS) is 20.1. The minimum Gasteiger partial charge on any atom is -0.477 e. The standard InChI is InChI=1S/C18H15F2N7O5S2/c19-17(20)32-24-9(12-23-18(21)34-25-12)13(28)22-10-14(29)27-11(16(30)31)8(7-33-15(10)27)6-26-4-2-1-3-5-26/h1-5,10,15,17H,6-7H2,(H3-,21,22,23,25,28,30,31)/p+1/t10?,15-/m0/s1. The number of nitrogens with zero attached hydrogens (tertiary/aromatic N) is 5. The number of carboxylic acid groups (broad SMARTS) is 1. The number of alkyl halides is 2. The van der Waals surface area contributed by atoms with E-state index in [2.05, 4.69) is 24.7 Å². The number of carboxylic acids is 1. The highest BCUT2D eigenvalue weighted by atomic mass is 32.2. The Labute approximate surface area is 198 Å². The number of aliphatic carboxylic acids is 1. The second kappa shape index (κ2) is 9.68. The van der Waals surface area contributed by atoms with Gasteiger partial charge in [0.2, 0.25) is 11.5 Å². The average Bonchev–Trinajstić information content (AvgIpc) is 3.23. The Morgan fingerprint density at radius 2 is 2.12 bits per heavy atom. The maximum atomic E-state index is 12.8. The van der Waals surface area contributed by atoms with Crippen LogP contribution in [0.1, 0.15) is 5.82 Å². The number of carbonyl (C=O) groups is 3. The summed E-state index contributed by atoms with van der Waals surface area (Å²) in [4.78, 5) is 46.2. The number of hydrogen-bond acceptors (Lipinski definition) is 10. The van der Waals surface area contributed by atoms with E-state index >= 15 is 0 Å². The number of carbonyl (C=O) groups excluding carboxylic acids is 2. The van der Waals surface area contributed by atoms with E-state index in [4.69, 9.17) is 5.73 Å². The van der Waals surface area contributed by atoms with E-state index in [0.29, 0.717) is 22.9 Å². The van der Waals surface area contributed by atoms with Crippen LogP contribution in [0, 0.1) is 0 Å². The van der Waals surface area contributed by atoms with Gasteiger partial charge >= 0.3 is 12.6 Å². The van der Waals surface area contributed by atoms with Crippen molar-refractivity contribution in [2.24, 2.45) is 5.16 Å². The lowest BCUT2D eigenvalue weighted by Gasteiger charge is -2.49. The monoisotopic (exact) mass is 512 g/mol. The van der Waals surface area contributed by atoms with Crippen molar-refractivity contribution in [1.29, 1.82) is 0 Å². The van der Waals surface area contributed by atoms with E-state index in [1.54, 1.807) is 29.1 Å². The molecule has 0 radical (unpaired) electrons. The van der Waals surface area contributed by atoms with E-state index in [0.717, 1.165) is 4.90 Å². The van der Waals surface area contributed by atoms with Gasteiger partial charge in [-0.1, -0.05) is 11.2 Å². The molecule has 2 atom stereocenters. The molecule has 1 fully saturated rings. The van der Waals surface area contributed by atoms with Crippen LogP contribution in [0.2, 0.25) is 0 Å². The maximum absolute atomic E-state index is 12.8. The Hall–Kier alpha value is -3.66. The fraction of sp³-hybridized carbons (Fsp3) is 0.278. The highest BCUT2D eigenvalue weighted by Crippen LogP contribution is 2.40. The number of β-lactam (4-membered cyclic amide) rings is 1. The first-order valence-electron chi connectivity index (χ1n) is 9.52. The molecule has 2 aliphatic heterocycles. The van der Waals surface area contributed by atoms with Gasteiger partial charge in [-0.3, -0.25) is 14.5 Å². The van der Waals surface area contributed by atoms with Crippen LogP contribution in [0.25, 0.3) is 0 Å². The third kappa shape index (κ3) is 4.67. The van der Waals surface area contributed by atoms with Crippen molar-refractivity contribution in [3.63, 3.8) is 0 Å². The molecule has 0 aromatic carbocycles. The minimum atomic E-state index is -3.31. The number of aromatic nitrogens is 3. The van der Waals surface area contributed by atoms with Crippen molar-refractivity contribution in [2.45, 2.75) is 24.6 Å². The molecule has 16 heteroatoms. The summed E-state index contributed by atoms with van der Waals surface area (Å²) >= 11 is 1.97. The van der Waals surface area contributed by atoms with Crippen LogP contribution in [-0.2, 0) is 25.8 Å². The lowest BCUT2D eigenvalue weighted by molar-refractivity contribution is -0.689. The molecule has 178 valence electrons. The molecule has 4 N–H and O–H groups in total. The van der Waals surface area contributed by atoms with Crippen molar-refractivity contribution < 1.29 is 37.7 Å². The van der Waals surface area contributed by atoms with E-state index < -0.39 is 41.5 Å². The van der Waals surface area contributed by atoms with Gasteiger partial charge in [-0.15, -0.1) is 11.8 Å². The molecule has 0 saturated carbocycles. The first kappa shape index (κ1) is 23.5. The van der Waals surface area contributed by atoms with Gasteiger partial charge in [0.25, 0.3) is 11.8 Å². The van der Waals surface area contributed by atoms with Gasteiger partial charge in [0, 0.05) is 35.0 Å². The van der Waals surface area contributed by atoms with E-state index in [9.17, 15) is 28.3 Å². The number of anilines is 1. The number of oxime groups is 1. The van der Waals surface area contributed by atoms with Gasteiger partial charge in [0.1, 0.15) is 17.1 Å². The predicted molar refractivity (Wildman–Crippen MR) is 114 cm³/mol. The van der Waals surface area contributed by atoms with Gasteiger partial charge in [-0.25, -0.2) is 9.36 Å². The molecular weight excluding hydrogens is 496 g/mol. The Balaban J connectivity index is 1.53. The second-order valence-corrected chi connectivity index (χ2v) is 8.82. The SMILES string of the molecule is Nc1nc(C(=NOC(F)F)C(=O)NC2C(=O)N3C(C(=O)O)=C(C[n+]4ccccc4)CS[C@@H]23)ns1. The number of thioether (sulfide) groups is 1. The van der Waals surface area contributed by atoms with E-state index in [1.807, 2.05) is 6.07 Å². The summed E-state index contributed by atoms with van der Waals surface area (Å²) in [5.74, 6) is -3.05. The number of fused-ring (bicyclic) bond motifs is 1. The molecule has 2 aromatic rings. The third-order valence-electron chi connectivity index (χ3n) is 4.78. The highest BCUT2D eigenvalue weighted by Gasteiger charge is 2.54. The summed E-state index contributed by atoms with van der Waals surface area (Å²) in [5, 5.41) is 14.5. The topological polar surface area (TPSA) is 164 Å². The van der Waals surface area contributed by atoms with Crippen LogP contribution >= 0.6 is 23.3 Å².